The van der Waals surface area contributed by atoms with E-state index in [0.29, 0.717) is 6.42 Å². The molecular weight excluding hydrogens is 350 g/mol. The van der Waals surface area contributed by atoms with Crippen LogP contribution in [0.4, 0.5) is 0 Å². The van der Waals surface area contributed by atoms with Crippen LogP contribution >= 0.6 is 11.3 Å². The fraction of sp³-hybridized carbons (Fsp3) is 0.316. The van der Waals surface area contributed by atoms with Gasteiger partial charge in [0.25, 0.3) is 5.91 Å². The summed E-state index contributed by atoms with van der Waals surface area (Å²) in [7, 11) is 3.23. The molecule has 26 heavy (non-hydrogen) atoms. The molecule has 1 aliphatic heterocycles. The number of ether oxygens (including phenoxy) is 1. The molecule has 136 valence electrons. The fourth-order valence-electron chi connectivity index (χ4n) is 2.80. The minimum atomic E-state index is -0.199. The van der Waals surface area contributed by atoms with Crippen molar-refractivity contribution in [3.8, 4) is 5.75 Å². The fourth-order valence-corrected chi connectivity index (χ4v) is 3.53. The number of rotatable bonds is 5. The van der Waals surface area contributed by atoms with Crippen LogP contribution in [-0.4, -0.2) is 48.1 Å². The minimum absolute atomic E-state index is 0.00318. The van der Waals surface area contributed by atoms with Gasteiger partial charge in [-0.1, -0.05) is 18.2 Å². The van der Waals surface area contributed by atoms with E-state index in [0.717, 1.165) is 21.9 Å². The van der Waals surface area contributed by atoms with Gasteiger partial charge in [-0.15, -0.1) is 11.3 Å². The van der Waals surface area contributed by atoms with Crippen molar-refractivity contribution in [1.29, 1.82) is 0 Å². The number of amides is 2. The lowest BCUT2D eigenvalue weighted by Crippen LogP contribution is -2.38. The van der Waals surface area contributed by atoms with Gasteiger partial charge in [0.05, 0.1) is 23.7 Å². The summed E-state index contributed by atoms with van der Waals surface area (Å²) in [6, 6.07) is 11.4. The Morgan fingerprint density at radius 2 is 2.04 bits per heavy atom. The number of nitrogens with zero attached hydrogens (tertiary/aromatic N) is 3. The van der Waals surface area contributed by atoms with Gasteiger partial charge in [0.15, 0.2) is 0 Å². The summed E-state index contributed by atoms with van der Waals surface area (Å²) in [5.74, 6) is 0.413. The maximum absolute atomic E-state index is 12.8. The van der Waals surface area contributed by atoms with Gasteiger partial charge in [-0.05, 0) is 29.1 Å². The van der Waals surface area contributed by atoms with Crippen LogP contribution < -0.4 is 4.74 Å². The molecule has 0 saturated carbocycles. The molecule has 1 aliphatic rings. The van der Waals surface area contributed by atoms with Gasteiger partial charge in [0.2, 0.25) is 5.91 Å². The summed E-state index contributed by atoms with van der Waals surface area (Å²) in [5, 5.41) is 8.09. The van der Waals surface area contributed by atoms with Crippen LogP contribution in [0.1, 0.15) is 29.8 Å². The van der Waals surface area contributed by atoms with E-state index < -0.39 is 0 Å². The number of hydrazone groups is 1. The minimum Gasteiger partial charge on any atom is -0.497 e. The molecule has 0 radical (unpaired) electrons. The van der Waals surface area contributed by atoms with E-state index in [-0.39, 0.29) is 24.4 Å². The molecule has 2 heterocycles. The van der Waals surface area contributed by atoms with Crippen LogP contribution in [0.25, 0.3) is 0 Å². The summed E-state index contributed by atoms with van der Waals surface area (Å²) in [6.07, 6.45) is 0.641. The summed E-state index contributed by atoms with van der Waals surface area (Å²) >= 11 is 1.60. The molecule has 2 aromatic rings. The Bertz CT molecular complexity index is 815. The zero-order chi connectivity index (χ0) is 18.7. The van der Waals surface area contributed by atoms with E-state index in [2.05, 4.69) is 5.10 Å². The van der Waals surface area contributed by atoms with Crippen LogP contribution in [0, 0.1) is 0 Å². The molecule has 0 fully saturated rings. The van der Waals surface area contributed by atoms with E-state index in [9.17, 15) is 9.59 Å². The third kappa shape index (κ3) is 3.77. The molecule has 1 atom stereocenters. The number of thiophene rings is 1. The van der Waals surface area contributed by atoms with Crippen molar-refractivity contribution in [3.63, 3.8) is 0 Å². The molecule has 0 N–H and O–H groups in total. The monoisotopic (exact) mass is 371 g/mol. The molecule has 6 nitrogen and oxygen atoms in total. The maximum Gasteiger partial charge on any atom is 0.262 e. The Balaban J connectivity index is 1.88. The highest BCUT2D eigenvalue weighted by atomic mass is 32.1. The second-order valence-corrected chi connectivity index (χ2v) is 7.08. The molecule has 1 aromatic heterocycles. The zero-order valence-corrected chi connectivity index (χ0v) is 15.8. The van der Waals surface area contributed by atoms with Crippen molar-refractivity contribution in [2.45, 2.75) is 19.4 Å². The predicted octanol–water partition coefficient (Wildman–Crippen LogP) is 2.91. The van der Waals surface area contributed by atoms with E-state index in [1.807, 2.05) is 41.8 Å². The first-order valence-corrected chi connectivity index (χ1v) is 9.16. The predicted molar refractivity (Wildman–Crippen MR) is 101 cm³/mol. The summed E-state index contributed by atoms with van der Waals surface area (Å²) in [5.41, 5.74) is 1.87. The topological polar surface area (TPSA) is 62.2 Å². The first-order valence-electron chi connectivity index (χ1n) is 8.28. The molecule has 0 unspecified atom stereocenters. The van der Waals surface area contributed by atoms with Crippen molar-refractivity contribution in [2.75, 3.05) is 20.7 Å². The average molecular weight is 371 g/mol. The van der Waals surface area contributed by atoms with Gasteiger partial charge in [-0.25, -0.2) is 5.01 Å². The largest absolute Gasteiger partial charge is 0.497 e. The molecule has 2 amide bonds. The van der Waals surface area contributed by atoms with E-state index in [4.69, 9.17) is 4.74 Å². The van der Waals surface area contributed by atoms with E-state index in [1.54, 1.807) is 25.5 Å². The Labute approximate surface area is 156 Å². The molecular formula is C19H21N3O3S. The zero-order valence-electron chi connectivity index (χ0n) is 15.0. The van der Waals surface area contributed by atoms with Crippen molar-refractivity contribution < 1.29 is 14.3 Å². The van der Waals surface area contributed by atoms with Crippen LogP contribution in [0.2, 0.25) is 0 Å². The van der Waals surface area contributed by atoms with Crippen LogP contribution in [-0.2, 0) is 9.59 Å². The third-order valence-electron chi connectivity index (χ3n) is 4.38. The van der Waals surface area contributed by atoms with Crippen LogP contribution in [0.15, 0.2) is 46.9 Å². The van der Waals surface area contributed by atoms with Crippen LogP contribution in [0.5, 0.6) is 5.75 Å². The molecule has 0 spiro atoms. The smallest absolute Gasteiger partial charge is 0.262 e. The molecule has 0 aliphatic carbocycles. The van der Waals surface area contributed by atoms with Crippen molar-refractivity contribution in [1.82, 2.24) is 9.91 Å². The van der Waals surface area contributed by atoms with E-state index in [1.165, 1.54) is 16.8 Å². The highest BCUT2D eigenvalue weighted by Gasteiger charge is 2.33. The van der Waals surface area contributed by atoms with Gasteiger partial charge in [-0.3, -0.25) is 9.59 Å². The number of methoxy groups -OCH3 is 1. The van der Waals surface area contributed by atoms with Crippen LogP contribution in [0.3, 0.4) is 0 Å². The Morgan fingerprint density at radius 3 is 2.62 bits per heavy atom. The SMILES string of the molecule is COc1ccc([C@H]2CC(c3cccs3)=NN2C(=O)CN(C)C(C)=O)cc1. The van der Waals surface area contributed by atoms with Gasteiger partial charge in [-0.2, -0.15) is 5.10 Å². The number of carbonyl (C=O) groups excluding carboxylic acids is 2. The lowest BCUT2D eigenvalue weighted by molar-refractivity contribution is -0.139. The van der Waals surface area contributed by atoms with Gasteiger partial charge in [0, 0.05) is 20.4 Å². The molecule has 1 aromatic carbocycles. The standard InChI is InChI=1S/C19H21N3O3S/c1-13(23)21(2)12-19(24)22-17(14-6-8-15(25-3)9-7-14)11-16(20-22)18-5-4-10-26-18/h4-10,17H,11-12H2,1-3H3/t17-/m1/s1. The number of benzene rings is 1. The van der Waals surface area contributed by atoms with Gasteiger partial charge in [0.1, 0.15) is 12.3 Å². The van der Waals surface area contributed by atoms with Crippen molar-refractivity contribution in [3.05, 3.63) is 52.2 Å². The lowest BCUT2D eigenvalue weighted by Gasteiger charge is -2.24. The first kappa shape index (κ1) is 18.1. The van der Waals surface area contributed by atoms with Gasteiger partial charge >= 0.3 is 0 Å². The summed E-state index contributed by atoms with van der Waals surface area (Å²) < 4.78 is 5.21. The molecule has 3 rings (SSSR count). The average Bonchev–Trinajstić information content (AvgIpc) is 3.31. The normalized spacial score (nSPS) is 16.3. The number of carbonyl (C=O) groups is 2. The number of hydrogen-bond acceptors (Lipinski definition) is 5. The van der Waals surface area contributed by atoms with Crippen molar-refractivity contribution >= 4 is 28.9 Å². The second-order valence-electron chi connectivity index (χ2n) is 6.13. The second kappa shape index (κ2) is 7.70. The maximum atomic E-state index is 12.8. The highest BCUT2D eigenvalue weighted by Crippen LogP contribution is 2.34. The quantitative estimate of drug-likeness (QED) is 0.812. The Kier molecular flexibility index (Phi) is 5.37. The van der Waals surface area contributed by atoms with Crippen molar-refractivity contribution in [2.24, 2.45) is 5.10 Å². The summed E-state index contributed by atoms with van der Waals surface area (Å²) in [4.78, 5) is 26.7. The molecule has 0 saturated heterocycles. The van der Waals surface area contributed by atoms with Gasteiger partial charge < -0.3 is 9.64 Å². The first-order chi connectivity index (χ1) is 12.5. The molecule has 7 heteroatoms. The third-order valence-corrected chi connectivity index (χ3v) is 5.30. The lowest BCUT2D eigenvalue weighted by atomic mass is 10.0. The number of hydrogen-bond donors (Lipinski definition) is 0. The molecule has 0 bridgehead atoms. The summed E-state index contributed by atoms with van der Waals surface area (Å²) in [6.45, 7) is 1.45. The Morgan fingerprint density at radius 1 is 1.31 bits per heavy atom. The number of likely N-dealkylation sites (N-methyl/N-ethyl adjacent to an activating group) is 1. The highest BCUT2D eigenvalue weighted by molar-refractivity contribution is 7.12. The van der Waals surface area contributed by atoms with E-state index >= 15 is 0 Å². The Hall–Kier alpha value is -2.67.